The lowest BCUT2D eigenvalue weighted by Gasteiger charge is -2.17. The van der Waals surface area contributed by atoms with Gasteiger partial charge in [0.2, 0.25) is 0 Å². The molecule has 2 aromatic heterocycles. The van der Waals surface area contributed by atoms with Gasteiger partial charge in [-0.25, -0.2) is 0 Å². The number of rotatable bonds is 4. The molecular formula is C24H25NO3S. The highest BCUT2D eigenvalue weighted by molar-refractivity contribution is 7.15. The molecule has 2 aliphatic carbocycles. The molecule has 1 unspecified atom stereocenters. The summed E-state index contributed by atoms with van der Waals surface area (Å²) in [5.41, 5.74) is 3.38. The molecule has 2 aliphatic rings. The van der Waals surface area contributed by atoms with Crippen molar-refractivity contribution in [3.8, 4) is 16.2 Å². The molecule has 0 radical (unpaired) electrons. The van der Waals surface area contributed by atoms with Crippen molar-refractivity contribution in [2.24, 2.45) is 5.92 Å². The summed E-state index contributed by atoms with van der Waals surface area (Å²) in [6.07, 6.45) is 7.40. The number of nitrogens with zero attached hydrogens (tertiary/aromatic N) is 1. The molecular weight excluding hydrogens is 382 g/mol. The number of methoxy groups -OCH3 is 1. The first-order chi connectivity index (χ1) is 14.0. The molecule has 150 valence electrons. The fourth-order valence-corrected chi connectivity index (χ4v) is 5.78. The lowest BCUT2D eigenvalue weighted by Crippen LogP contribution is -2.18. The van der Waals surface area contributed by atoms with Crippen LogP contribution in [0, 0.1) is 5.92 Å². The van der Waals surface area contributed by atoms with Gasteiger partial charge in [-0.3, -0.25) is 9.59 Å². The number of hydrogen-bond acceptors (Lipinski definition) is 4. The van der Waals surface area contributed by atoms with Crippen molar-refractivity contribution in [3.63, 3.8) is 0 Å². The van der Waals surface area contributed by atoms with Crippen LogP contribution in [0.15, 0.2) is 29.2 Å². The molecule has 1 aromatic carbocycles. The second kappa shape index (κ2) is 6.84. The molecule has 5 rings (SSSR count). The summed E-state index contributed by atoms with van der Waals surface area (Å²) in [7, 11) is 1.68. The van der Waals surface area contributed by atoms with Crippen LogP contribution in [0.2, 0.25) is 0 Å². The number of fused-ring (bicyclic) bond motifs is 2. The van der Waals surface area contributed by atoms with Gasteiger partial charge in [-0.15, -0.1) is 11.3 Å². The van der Waals surface area contributed by atoms with Crippen LogP contribution in [0.5, 0.6) is 5.75 Å². The van der Waals surface area contributed by atoms with Gasteiger partial charge in [-0.1, -0.05) is 6.92 Å². The number of Topliss-reactive ketones (excluding diaryl/α,β-unsaturated/α-hetero) is 1. The highest BCUT2D eigenvalue weighted by Gasteiger charge is 2.29. The molecule has 5 heteroatoms. The molecule has 1 atom stereocenters. The summed E-state index contributed by atoms with van der Waals surface area (Å²) in [4.78, 5) is 27.7. The third kappa shape index (κ3) is 3.03. The third-order valence-corrected chi connectivity index (χ3v) is 7.54. The van der Waals surface area contributed by atoms with Crippen LogP contribution in [0.1, 0.15) is 60.0 Å². The van der Waals surface area contributed by atoms with E-state index in [2.05, 4.69) is 17.6 Å². The minimum absolute atomic E-state index is 0.186. The summed E-state index contributed by atoms with van der Waals surface area (Å²) in [5.74, 6) is 1.29. The number of ether oxygens (including phenoxy) is 1. The maximum absolute atomic E-state index is 13.0. The van der Waals surface area contributed by atoms with Crippen molar-refractivity contribution in [1.82, 2.24) is 4.57 Å². The number of aryl methyl sites for hydroxylation is 1. The van der Waals surface area contributed by atoms with E-state index >= 15 is 0 Å². The lowest BCUT2D eigenvalue weighted by molar-refractivity contribution is 0.101. The largest absolute Gasteiger partial charge is 0.494 e. The Morgan fingerprint density at radius 3 is 2.72 bits per heavy atom. The average Bonchev–Trinajstić information content (AvgIpc) is 3.46. The molecule has 1 fully saturated rings. The van der Waals surface area contributed by atoms with Gasteiger partial charge in [0, 0.05) is 27.6 Å². The Kier molecular flexibility index (Phi) is 4.39. The molecule has 0 N–H and O–H groups in total. The van der Waals surface area contributed by atoms with E-state index in [0.717, 1.165) is 48.4 Å². The first kappa shape index (κ1) is 18.6. The average molecular weight is 408 g/mol. The number of aromatic nitrogens is 1. The first-order valence-corrected chi connectivity index (χ1v) is 11.2. The number of thiophene rings is 1. The topological polar surface area (TPSA) is 48.3 Å². The molecule has 0 amide bonds. The highest BCUT2D eigenvalue weighted by atomic mass is 32.1. The Hall–Kier alpha value is -2.40. The fraction of sp³-hybridized carbons (Fsp3) is 0.417. The number of benzene rings is 1. The van der Waals surface area contributed by atoms with E-state index in [1.165, 1.54) is 28.7 Å². The zero-order chi connectivity index (χ0) is 20.3. The summed E-state index contributed by atoms with van der Waals surface area (Å²) < 4.78 is 8.00. The molecule has 0 bridgehead atoms. The molecule has 3 aromatic rings. The van der Waals surface area contributed by atoms with E-state index in [9.17, 15) is 9.59 Å². The first-order valence-electron chi connectivity index (χ1n) is 10.4. The normalized spacial score (nSPS) is 18.7. The number of carbonyl (C=O) groups excluding carboxylic acids is 1. The van der Waals surface area contributed by atoms with E-state index in [1.54, 1.807) is 13.3 Å². The number of ketones is 1. The number of hydrogen-bond donors (Lipinski definition) is 0. The summed E-state index contributed by atoms with van der Waals surface area (Å²) >= 11 is 1.85. The van der Waals surface area contributed by atoms with Gasteiger partial charge in [0.05, 0.1) is 23.6 Å². The van der Waals surface area contributed by atoms with Crippen LogP contribution in [0.4, 0.5) is 0 Å². The van der Waals surface area contributed by atoms with Gasteiger partial charge in [0.1, 0.15) is 0 Å². The van der Waals surface area contributed by atoms with Crippen molar-refractivity contribution in [3.05, 3.63) is 50.6 Å². The Morgan fingerprint density at radius 2 is 2.03 bits per heavy atom. The minimum atomic E-state index is -0.200. The van der Waals surface area contributed by atoms with Gasteiger partial charge in [0.15, 0.2) is 17.0 Å². The Bertz CT molecular complexity index is 1200. The second-order valence-corrected chi connectivity index (χ2v) is 9.65. The maximum Gasteiger partial charge on any atom is 0.200 e. The Balaban J connectivity index is 1.77. The predicted octanol–water partition coefficient (Wildman–Crippen LogP) is 5.40. The van der Waals surface area contributed by atoms with Crippen molar-refractivity contribution in [2.45, 2.75) is 52.0 Å². The zero-order valence-corrected chi connectivity index (χ0v) is 17.9. The third-order valence-electron chi connectivity index (χ3n) is 6.27. The SMILES string of the molecule is COc1c(-c2cc3c(s2)CCC(C)C3)ccc2c(=O)c(C(C)=O)cn(C3CC3)c12. The van der Waals surface area contributed by atoms with Crippen molar-refractivity contribution >= 4 is 28.0 Å². The van der Waals surface area contributed by atoms with Gasteiger partial charge in [0.25, 0.3) is 0 Å². The summed E-state index contributed by atoms with van der Waals surface area (Å²) in [6, 6.07) is 6.51. The van der Waals surface area contributed by atoms with Gasteiger partial charge in [-0.05, 0) is 68.7 Å². The highest BCUT2D eigenvalue weighted by Crippen LogP contribution is 2.45. The molecule has 0 saturated heterocycles. The van der Waals surface area contributed by atoms with E-state index in [0.29, 0.717) is 11.4 Å². The van der Waals surface area contributed by atoms with Crippen LogP contribution in [-0.4, -0.2) is 17.5 Å². The minimum Gasteiger partial charge on any atom is -0.494 e. The Labute approximate surface area is 174 Å². The number of pyridine rings is 1. The quantitative estimate of drug-likeness (QED) is 0.544. The second-order valence-electron chi connectivity index (χ2n) is 8.52. The summed E-state index contributed by atoms with van der Waals surface area (Å²) in [6.45, 7) is 3.78. The molecule has 0 aliphatic heterocycles. The maximum atomic E-state index is 13.0. The molecule has 2 heterocycles. The molecule has 1 saturated carbocycles. The van der Waals surface area contributed by atoms with Crippen LogP contribution in [-0.2, 0) is 12.8 Å². The van der Waals surface area contributed by atoms with E-state index < -0.39 is 0 Å². The molecule has 4 nitrogen and oxygen atoms in total. The van der Waals surface area contributed by atoms with Crippen molar-refractivity contribution in [1.29, 1.82) is 0 Å². The smallest absolute Gasteiger partial charge is 0.200 e. The zero-order valence-electron chi connectivity index (χ0n) is 17.1. The van der Waals surface area contributed by atoms with Crippen LogP contribution in [0.3, 0.4) is 0 Å². The molecule has 0 spiro atoms. The van der Waals surface area contributed by atoms with Crippen molar-refractivity contribution < 1.29 is 9.53 Å². The van der Waals surface area contributed by atoms with Gasteiger partial charge in [-0.2, -0.15) is 0 Å². The lowest BCUT2D eigenvalue weighted by atomic mass is 9.90. The molecule has 29 heavy (non-hydrogen) atoms. The monoisotopic (exact) mass is 407 g/mol. The standard InChI is InChI=1S/C24H25NO3S/c1-13-4-9-20-15(10-13)11-21(29-20)17-7-8-18-22(24(17)28-3)25(16-5-6-16)12-19(14(2)26)23(18)27/h7-8,11-13,16H,4-6,9-10H2,1-3H3. The van der Waals surface area contributed by atoms with Crippen molar-refractivity contribution in [2.75, 3.05) is 7.11 Å². The van der Waals surface area contributed by atoms with Gasteiger partial charge < -0.3 is 9.30 Å². The summed E-state index contributed by atoms with van der Waals surface area (Å²) in [5, 5.41) is 0.570. The number of carbonyl (C=O) groups is 1. The van der Waals surface area contributed by atoms with Crippen LogP contribution in [0.25, 0.3) is 21.3 Å². The van der Waals surface area contributed by atoms with Gasteiger partial charge >= 0.3 is 0 Å². The van der Waals surface area contributed by atoms with E-state index in [1.807, 2.05) is 23.5 Å². The predicted molar refractivity (Wildman–Crippen MR) is 118 cm³/mol. The van der Waals surface area contributed by atoms with E-state index in [-0.39, 0.29) is 16.8 Å². The van der Waals surface area contributed by atoms with E-state index in [4.69, 9.17) is 4.74 Å². The Morgan fingerprint density at radius 1 is 1.24 bits per heavy atom. The fourth-order valence-electron chi connectivity index (χ4n) is 4.55. The van der Waals surface area contributed by atoms with Crippen LogP contribution < -0.4 is 10.2 Å². The van der Waals surface area contributed by atoms with Crippen LogP contribution >= 0.6 is 11.3 Å².